The number of aromatic nitrogens is 4. The zero-order valence-corrected chi connectivity index (χ0v) is 24.3. The Morgan fingerprint density at radius 2 is 1.97 bits per heavy atom. The topological polar surface area (TPSA) is 81.9 Å². The number of allylic oxidation sites excluding steroid dienone is 1. The van der Waals surface area contributed by atoms with Crippen molar-refractivity contribution in [1.82, 2.24) is 19.7 Å². The molecule has 2 aromatic heterocycles. The van der Waals surface area contributed by atoms with E-state index in [0.29, 0.717) is 50.6 Å². The highest BCUT2D eigenvalue weighted by atomic mass is 35.5. The van der Waals surface area contributed by atoms with Crippen molar-refractivity contribution in [2.24, 2.45) is 0 Å². The number of hydrogen-bond donors (Lipinski definition) is 1. The fourth-order valence-electron chi connectivity index (χ4n) is 3.55. The lowest BCUT2D eigenvalue weighted by Gasteiger charge is -2.10. The van der Waals surface area contributed by atoms with Crippen molar-refractivity contribution in [3.05, 3.63) is 80.9 Å². The lowest BCUT2D eigenvalue weighted by molar-refractivity contribution is -0.113. The standard InChI is InChI=1S/C26H24Cl3N5O2S2/c1-3-10-34-23(5-4-11-36-22-9-7-17(27)12-16(22)2)32-33-26(34)38-15-24(35)31-25-30-21(14-37-25)19-8-6-18(28)13-20(19)29/h3,6-9,12-14H,1,4-5,10-11,15H2,2H3,(H,30,31,35). The van der Waals surface area contributed by atoms with E-state index in [2.05, 4.69) is 27.1 Å². The van der Waals surface area contributed by atoms with Gasteiger partial charge < -0.3 is 14.6 Å². The lowest BCUT2D eigenvalue weighted by atomic mass is 10.2. The normalized spacial score (nSPS) is 10.9. The van der Waals surface area contributed by atoms with Crippen molar-refractivity contribution in [3.8, 4) is 17.0 Å². The van der Waals surface area contributed by atoms with Gasteiger partial charge in [0.2, 0.25) is 5.91 Å². The minimum absolute atomic E-state index is 0.158. The smallest absolute Gasteiger partial charge is 0.236 e. The minimum atomic E-state index is -0.195. The third-order valence-electron chi connectivity index (χ3n) is 5.33. The first-order valence-corrected chi connectivity index (χ1v) is 14.6. The molecule has 4 rings (SSSR count). The maximum Gasteiger partial charge on any atom is 0.236 e. The Morgan fingerprint density at radius 1 is 1.18 bits per heavy atom. The molecule has 0 aliphatic heterocycles. The van der Waals surface area contributed by atoms with Crippen LogP contribution in [0.2, 0.25) is 15.1 Å². The number of carbonyl (C=O) groups is 1. The van der Waals surface area contributed by atoms with Crippen molar-refractivity contribution in [1.29, 1.82) is 0 Å². The molecule has 0 saturated heterocycles. The Morgan fingerprint density at radius 3 is 2.74 bits per heavy atom. The first-order valence-electron chi connectivity index (χ1n) is 11.6. The monoisotopic (exact) mass is 607 g/mol. The second-order valence-corrected chi connectivity index (χ2v) is 11.2. The van der Waals surface area contributed by atoms with Gasteiger partial charge in [0.1, 0.15) is 11.6 Å². The fraction of sp³-hybridized carbons (Fsp3) is 0.231. The van der Waals surface area contributed by atoms with Crippen LogP contribution in [-0.2, 0) is 17.8 Å². The maximum atomic E-state index is 12.6. The van der Waals surface area contributed by atoms with E-state index in [1.54, 1.807) is 24.3 Å². The molecule has 0 aliphatic carbocycles. The van der Waals surface area contributed by atoms with Gasteiger partial charge in [-0.25, -0.2) is 4.98 Å². The summed E-state index contributed by atoms with van der Waals surface area (Å²) in [5.74, 6) is 1.59. The van der Waals surface area contributed by atoms with E-state index < -0.39 is 0 Å². The number of halogens is 3. The summed E-state index contributed by atoms with van der Waals surface area (Å²) in [6.07, 6.45) is 3.21. The molecule has 0 bridgehead atoms. The second-order valence-electron chi connectivity index (χ2n) is 8.16. The van der Waals surface area contributed by atoms with E-state index in [0.717, 1.165) is 29.1 Å². The number of ether oxygens (including phenoxy) is 1. The Hall–Kier alpha value is -2.56. The zero-order valence-electron chi connectivity index (χ0n) is 20.4. The molecule has 4 aromatic rings. The summed E-state index contributed by atoms with van der Waals surface area (Å²) in [4.78, 5) is 17.1. The maximum absolute atomic E-state index is 12.6. The predicted octanol–water partition coefficient (Wildman–Crippen LogP) is 7.60. The van der Waals surface area contributed by atoms with E-state index >= 15 is 0 Å². The number of aryl methyl sites for hydroxylation is 2. The fourth-order valence-corrected chi connectivity index (χ4v) is 5.77. The number of carbonyl (C=O) groups excluding carboxylic acids is 1. The molecule has 198 valence electrons. The lowest BCUT2D eigenvalue weighted by Crippen LogP contribution is -2.14. The zero-order chi connectivity index (χ0) is 27.1. The Kier molecular flexibility index (Phi) is 10.1. The number of nitrogens with one attached hydrogen (secondary N) is 1. The number of hydrogen-bond acceptors (Lipinski definition) is 7. The van der Waals surface area contributed by atoms with Crippen LogP contribution < -0.4 is 10.1 Å². The molecule has 0 unspecified atom stereocenters. The molecule has 38 heavy (non-hydrogen) atoms. The average molecular weight is 609 g/mol. The van der Waals surface area contributed by atoms with Crippen molar-refractivity contribution in [2.45, 2.75) is 31.5 Å². The summed E-state index contributed by atoms with van der Waals surface area (Å²) >= 11 is 20.9. The van der Waals surface area contributed by atoms with Gasteiger partial charge in [-0.3, -0.25) is 4.79 Å². The van der Waals surface area contributed by atoms with E-state index in [4.69, 9.17) is 39.5 Å². The summed E-state index contributed by atoms with van der Waals surface area (Å²) in [5, 5.41) is 16.2. The van der Waals surface area contributed by atoms with Crippen LogP contribution in [0.4, 0.5) is 5.13 Å². The number of nitrogens with zero attached hydrogens (tertiary/aromatic N) is 4. The van der Waals surface area contributed by atoms with Gasteiger partial charge in [0.05, 0.1) is 23.1 Å². The van der Waals surface area contributed by atoms with Gasteiger partial charge in [0, 0.05) is 34.0 Å². The van der Waals surface area contributed by atoms with E-state index in [1.165, 1.54) is 23.1 Å². The number of amides is 1. The molecule has 7 nitrogen and oxygen atoms in total. The van der Waals surface area contributed by atoms with Crippen molar-refractivity contribution >= 4 is 68.9 Å². The van der Waals surface area contributed by atoms with Crippen molar-refractivity contribution in [2.75, 3.05) is 17.7 Å². The van der Waals surface area contributed by atoms with Gasteiger partial charge in [-0.1, -0.05) is 52.6 Å². The van der Waals surface area contributed by atoms with Gasteiger partial charge in [-0.15, -0.1) is 28.1 Å². The van der Waals surface area contributed by atoms with E-state index in [9.17, 15) is 4.79 Å². The molecule has 1 N–H and O–H groups in total. The van der Waals surface area contributed by atoms with Crippen LogP contribution in [-0.4, -0.2) is 38.0 Å². The molecule has 2 aromatic carbocycles. The largest absolute Gasteiger partial charge is 0.493 e. The molecular formula is C26H24Cl3N5O2S2. The SMILES string of the molecule is C=CCn1c(CCCOc2ccc(Cl)cc2C)nnc1SCC(=O)Nc1nc(-c2ccc(Cl)cc2Cl)cs1. The van der Waals surface area contributed by atoms with Crippen LogP contribution >= 0.6 is 57.9 Å². The third kappa shape index (κ3) is 7.51. The Labute approximate surface area is 244 Å². The van der Waals surface area contributed by atoms with Crippen LogP contribution in [0.1, 0.15) is 17.8 Å². The van der Waals surface area contributed by atoms with Gasteiger partial charge in [0.25, 0.3) is 0 Å². The summed E-state index contributed by atoms with van der Waals surface area (Å²) in [5.41, 5.74) is 2.41. The molecule has 0 aliphatic rings. The second kappa shape index (κ2) is 13.5. The van der Waals surface area contributed by atoms with Gasteiger partial charge in [-0.2, -0.15) is 0 Å². The quantitative estimate of drug-likeness (QED) is 0.101. The molecule has 0 atom stereocenters. The van der Waals surface area contributed by atoms with Gasteiger partial charge in [-0.05, 0) is 55.3 Å². The van der Waals surface area contributed by atoms with Crippen LogP contribution in [0, 0.1) is 6.92 Å². The van der Waals surface area contributed by atoms with Crippen LogP contribution in [0.25, 0.3) is 11.3 Å². The first-order chi connectivity index (χ1) is 18.3. The summed E-state index contributed by atoms with van der Waals surface area (Å²) in [7, 11) is 0. The summed E-state index contributed by atoms with van der Waals surface area (Å²) in [6.45, 7) is 6.87. The molecular weight excluding hydrogens is 585 g/mol. The number of anilines is 1. The highest BCUT2D eigenvalue weighted by molar-refractivity contribution is 7.99. The van der Waals surface area contributed by atoms with Crippen molar-refractivity contribution in [3.63, 3.8) is 0 Å². The molecule has 1 amide bonds. The van der Waals surface area contributed by atoms with Gasteiger partial charge in [0.15, 0.2) is 10.3 Å². The van der Waals surface area contributed by atoms with Crippen molar-refractivity contribution < 1.29 is 9.53 Å². The molecule has 0 radical (unpaired) electrons. The highest BCUT2D eigenvalue weighted by Gasteiger charge is 2.15. The van der Waals surface area contributed by atoms with E-state index in [1.807, 2.05) is 35.1 Å². The third-order valence-corrected chi connectivity index (χ3v) is 7.84. The van der Waals surface area contributed by atoms with Crippen LogP contribution in [0.15, 0.2) is 59.6 Å². The number of benzene rings is 2. The molecule has 0 fully saturated rings. The van der Waals surface area contributed by atoms with Crippen LogP contribution in [0.5, 0.6) is 5.75 Å². The average Bonchev–Trinajstić information content (AvgIpc) is 3.49. The van der Waals surface area contributed by atoms with Gasteiger partial charge >= 0.3 is 0 Å². The highest BCUT2D eigenvalue weighted by Crippen LogP contribution is 2.32. The number of thioether (sulfide) groups is 1. The first kappa shape index (κ1) is 28.4. The van der Waals surface area contributed by atoms with Crippen LogP contribution in [0.3, 0.4) is 0 Å². The minimum Gasteiger partial charge on any atom is -0.493 e. The predicted molar refractivity (Wildman–Crippen MR) is 157 cm³/mol. The summed E-state index contributed by atoms with van der Waals surface area (Å²) in [6, 6.07) is 10.8. The molecule has 2 heterocycles. The molecule has 12 heteroatoms. The Balaban J connectivity index is 1.30. The number of rotatable bonds is 12. The Bertz CT molecular complexity index is 1440. The number of thiazole rings is 1. The van der Waals surface area contributed by atoms with E-state index in [-0.39, 0.29) is 11.7 Å². The molecule has 0 saturated carbocycles. The summed E-state index contributed by atoms with van der Waals surface area (Å²) < 4.78 is 7.85. The molecule has 0 spiro atoms.